The summed E-state index contributed by atoms with van der Waals surface area (Å²) in [5, 5.41) is 3.66. The Balaban J connectivity index is 2.05. The van der Waals surface area contributed by atoms with Crippen molar-refractivity contribution in [2.75, 3.05) is 13.2 Å². The molecule has 0 saturated carbocycles. The van der Waals surface area contributed by atoms with E-state index < -0.39 is 0 Å². The van der Waals surface area contributed by atoms with Crippen molar-refractivity contribution in [3.8, 4) is 0 Å². The number of nitrogens with one attached hydrogen (secondary N) is 1. The molecule has 2 heteroatoms. The summed E-state index contributed by atoms with van der Waals surface area (Å²) >= 11 is 0. The molecule has 0 spiro atoms. The average Bonchev–Trinajstić information content (AvgIpc) is 2.16. The zero-order valence-corrected chi connectivity index (χ0v) is 10.6. The summed E-state index contributed by atoms with van der Waals surface area (Å²) in [6.45, 7) is 8.74. The van der Waals surface area contributed by atoms with Gasteiger partial charge >= 0.3 is 0 Å². The van der Waals surface area contributed by atoms with Gasteiger partial charge in [-0.2, -0.15) is 0 Å². The molecule has 0 aliphatic carbocycles. The Morgan fingerprint density at radius 1 is 1.27 bits per heavy atom. The van der Waals surface area contributed by atoms with Crippen molar-refractivity contribution in [3.05, 3.63) is 0 Å². The lowest BCUT2D eigenvalue weighted by Gasteiger charge is -2.36. The van der Waals surface area contributed by atoms with Crippen molar-refractivity contribution < 1.29 is 4.74 Å². The molecular formula is C13H27NO. The topological polar surface area (TPSA) is 21.3 Å². The molecule has 1 unspecified atom stereocenters. The van der Waals surface area contributed by atoms with Gasteiger partial charge in [-0.1, -0.05) is 26.2 Å². The van der Waals surface area contributed by atoms with Crippen molar-refractivity contribution in [2.24, 2.45) is 0 Å². The van der Waals surface area contributed by atoms with E-state index in [-0.39, 0.29) is 5.60 Å². The summed E-state index contributed by atoms with van der Waals surface area (Å²) in [4.78, 5) is 0. The average molecular weight is 213 g/mol. The Hall–Kier alpha value is -0.0800. The van der Waals surface area contributed by atoms with E-state index in [1.807, 2.05) is 0 Å². The predicted molar refractivity (Wildman–Crippen MR) is 65.2 cm³/mol. The number of hydrogen-bond acceptors (Lipinski definition) is 2. The maximum atomic E-state index is 5.70. The van der Waals surface area contributed by atoms with E-state index in [4.69, 9.17) is 4.74 Å². The second-order valence-electron chi connectivity index (χ2n) is 5.31. The molecule has 1 rings (SSSR count). The Kier molecular flexibility index (Phi) is 5.62. The first-order chi connectivity index (χ1) is 7.14. The molecule has 0 aromatic heterocycles. The van der Waals surface area contributed by atoms with Crippen LogP contribution >= 0.6 is 0 Å². The van der Waals surface area contributed by atoms with Crippen LogP contribution in [-0.2, 0) is 4.74 Å². The normalized spacial score (nSPS) is 25.4. The maximum absolute atomic E-state index is 5.70. The van der Waals surface area contributed by atoms with Crippen LogP contribution < -0.4 is 5.32 Å². The quantitative estimate of drug-likeness (QED) is 0.685. The van der Waals surface area contributed by atoms with Crippen LogP contribution in [0.15, 0.2) is 0 Å². The first kappa shape index (κ1) is 13.0. The van der Waals surface area contributed by atoms with Crippen LogP contribution in [0, 0.1) is 0 Å². The first-order valence-electron chi connectivity index (χ1n) is 6.51. The van der Waals surface area contributed by atoms with Crippen LogP contribution in [0.2, 0.25) is 0 Å². The fourth-order valence-electron chi connectivity index (χ4n) is 2.26. The van der Waals surface area contributed by atoms with Gasteiger partial charge in [0.25, 0.3) is 0 Å². The van der Waals surface area contributed by atoms with Gasteiger partial charge in [0, 0.05) is 12.6 Å². The molecule has 1 aliphatic rings. The van der Waals surface area contributed by atoms with E-state index in [9.17, 15) is 0 Å². The van der Waals surface area contributed by atoms with Crippen LogP contribution in [0.4, 0.5) is 0 Å². The minimum absolute atomic E-state index is 0.0827. The molecule has 1 atom stereocenters. The summed E-state index contributed by atoms with van der Waals surface area (Å²) in [7, 11) is 0. The third-order valence-corrected chi connectivity index (χ3v) is 3.16. The van der Waals surface area contributed by atoms with Crippen molar-refractivity contribution in [1.82, 2.24) is 5.32 Å². The Morgan fingerprint density at radius 3 is 2.73 bits per heavy atom. The van der Waals surface area contributed by atoms with Gasteiger partial charge in [0.15, 0.2) is 0 Å². The van der Waals surface area contributed by atoms with Gasteiger partial charge in [0.1, 0.15) is 0 Å². The Bertz CT molecular complexity index is 168. The van der Waals surface area contributed by atoms with Crippen molar-refractivity contribution in [3.63, 3.8) is 0 Å². The van der Waals surface area contributed by atoms with Crippen molar-refractivity contribution in [2.45, 2.75) is 70.9 Å². The molecule has 1 aliphatic heterocycles. The lowest BCUT2D eigenvalue weighted by Crippen LogP contribution is -2.43. The zero-order valence-electron chi connectivity index (χ0n) is 10.6. The van der Waals surface area contributed by atoms with Crippen molar-refractivity contribution in [1.29, 1.82) is 0 Å². The summed E-state index contributed by atoms with van der Waals surface area (Å²) in [6, 6.07) is 0.676. The summed E-state index contributed by atoms with van der Waals surface area (Å²) in [5.41, 5.74) is 0.0827. The molecule has 0 amide bonds. The van der Waals surface area contributed by atoms with Gasteiger partial charge in [-0.25, -0.2) is 0 Å². The molecule has 0 bridgehead atoms. The van der Waals surface area contributed by atoms with E-state index >= 15 is 0 Å². The van der Waals surface area contributed by atoms with E-state index in [0.29, 0.717) is 6.04 Å². The van der Waals surface area contributed by atoms with Crippen LogP contribution in [-0.4, -0.2) is 24.8 Å². The fraction of sp³-hybridized carbons (Fsp3) is 1.00. The number of ether oxygens (including phenoxy) is 1. The Morgan fingerprint density at radius 2 is 2.07 bits per heavy atom. The first-order valence-corrected chi connectivity index (χ1v) is 6.51. The highest BCUT2D eigenvalue weighted by Gasteiger charge is 2.28. The maximum Gasteiger partial charge on any atom is 0.0641 e. The van der Waals surface area contributed by atoms with E-state index in [0.717, 1.165) is 13.0 Å². The molecule has 1 heterocycles. The van der Waals surface area contributed by atoms with Crippen LogP contribution in [0.25, 0.3) is 0 Å². The van der Waals surface area contributed by atoms with E-state index in [2.05, 4.69) is 26.1 Å². The van der Waals surface area contributed by atoms with Crippen LogP contribution in [0.3, 0.4) is 0 Å². The molecule has 1 saturated heterocycles. The van der Waals surface area contributed by atoms with E-state index in [1.165, 1.54) is 38.6 Å². The number of rotatable bonds is 6. The minimum atomic E-state index is 0.0827. The molecule has 0 aromatic rings. The molecule has 0 radical (unpaired) electrons. The second kappa shape index (κ2) is 6.49. The molecule has 0 aromatic carbocycles. The van der Waals surface area contributed by atoms with Gasteiger partial charge in [0.05, 0.1) is 5.60 Å². The third-order valence-electron chi connectivity index (χ3n) is 3.16. The highest BCUT2D eigenvalue weighted by Crippen LogP contribution is 2.23. The zero-order chi connectivity index (χ0) is 11.1. The molecule has 90 valence electrons. The molecule has 1 N–H and O–H groups in total. The minimum Gasteiger partial charge on any atom is -0.375 e. The van der Waals surface area contributed by atoms with E-state index in [1.54, 1.807) is 0 Å². The number of unbranched alkanes of at least 4 members (excludes halogenated alkanes) is 3. The lowest BCUT2D eigenvalue weighted by molar-refractivity contribution is -0.0627. The van der Waals surface area contributed by atoms with Crippen LogP contribution in [0.5, 0.6) is 0 Å². The molecule has 2 nitrogen and oxygen atoms in total. The summed E-state index contributed by atoms with van der Waals surface area (Å²) in [6.07, 6.45) is 7.73. The van der Waals surface area contributed by atoms with Crippen LogP contribution in [0.1, 0.15) is 59.3 Å². The third kappa shape index (κ3) is 5.53. The van der Waals surface area contributed by atoms with Gasteiger partial charge in [0.2, 0.25) is 0 Å². The van der Waals surface area contributed by atoms with Gasteiger partial charge in [-0.3, -0.25) is 0 Å². The van der Waals surface area contributed by atoms with Gasteiger partial charge in [-0.15, -0.1) is 0 Å². The SMILES string of the molecule is CCCCCCNC1CCOC(C)(C)C1. The monoisotopic (exact) mass is 213 g/mol. The summed E-state index contributed by atoms with van der Waals surface area (Å²) in [5.74, 6) is 0. The smallest absolute Gasteiger partial charge is 0.0641 e. The highest BCUT2D eigenvalue weighted by atomic mass is 16.5. The molecule has 1 fully saturated rings. The van der Waals surface area contributed by atoms with Gasteiger partial charge < -0.3 is 10.1 Å². The summed E-state index contributed by atoms with van der Waals surface area (Å²) < 4.78 is 5.70. The fourth-order valence-corrected chi connectivity index (χ4v) is 2.26. The standard InChI is InChI=1S/C13H27NO/c1-4-5-6-7-9-14-12-8-10-15-13(2,3)11-12/h12,14H,4-11H2,1-3H3. The Labute approximate surface area is 94.8 Å². The largest absolute Gasteiger partial charge is 0.375 e. The van der Waals surface area contributed by atoms with Gasteiger partial charge in [-0.05, 0) is 39.7 Å². The molecular weight excluding hydrogens is 186 g/mol. The molecule has 15 heavy (non-hydrogen) atoms. The lowest BCUT2D eigenvalue weighted by atomic mass is 9.94. The second-order valence-corrected chi connectivity index (χ2v) is 5.31. The number of hydrogen-bond donors (Lipinski definition) is 1. The highest BCUT2D eigenvalue weighted by molar-refractivity contribution is 4.82. The van der Waals surface area contributed by atoms with Crippen molar-refractivity contribution >= 4 is 0 Å². The predicted octanol–water partition coefficient (Wildman–Crippen LogP) is 3.11.